The van der Waals surface area contributed by atoms with Crippen LogP contribution in [0.3, 0.4) is 0 Å². The van der Waals surface area contributed by atoms with Crippen LogP contribution in [0.4, 0.5) is 0 Å². The molecular weight excluding hydrogens is 292 g/mol. The molecule has 0 saturated carbocycles. The van der Waals surface area contributed by atoms with E-state index in [1.165, 1.54) is 6.42 Å². The third kappa shape index (κ3) is 1.70. The fourth-order valence-electron chi connectivity index (χ4n) is 1.08. The van der Waals surface area contributed by atoms with Crippen molar-refractivity contribution >= 4 is 0 Å². The van der Waals surface area contributed by atoms with E-state index in [-0.39, 0.29) is 18.6 Å². The van der Waals surface area contributed by atoms with Gasteiger partial charge in [-0.1, -0.05) is 0 Å². The van der Waals surface area contributed by atoms with Gasteiger partial charge in [-0.2, -0.15) is 0 Å². The SMILES string of the molecule is C=CCC1=[C]([W][CH3])CC=C1. The molecule has 0 spiro atoms. The average molecular weight is 304 g/mol. The zero-order valence-corrected chi connectivity index (χ0v) is 9.20. The third-order valence-corrected chi connectivity index (χ3v) is 4.90. The van der Waals surface area contributed by atoms with Crippen LogP contribution in [0.5, 0.6) is 0 Å². The second kappa shape index (κ2) is 3.93. The fraction of sp³-hybridized carbons (Fsp3) is 0.333. The number of allylic oxidation sites excluding steroid dienone is 5. The molecule has 1 aliphatic rings. The minimum absolute atomic E-state index is 0.128. The number of rotatable bonds is 3. The molecule has 0 aromatic heterocycles. The predicted molar refractivity (Wildman–Crippen MR) is 41.5 cm³/mol. The molecule has 0 radical (unpaired) electrons. The molecule has 0 aliphatic heterocycles. The van der Waals surface area contributed by atoms with Crippen molar-refractivity contribution < 1.29 is 18.6 Å². The second-order valence-electron chi connectivity index (χ2n) is 2.25. The summed E-state index contributed by atoms with van der Waals surface area (Å²) in [7, 11) is 0. The molecule has 0 N–H and O–H groups in total. The first-order valence-electron chi connectivity index (χ1n) is 3.42. The molecule has 0 amide bonds. The summed E-state index contributed by atoms with van der Waals surface area (Å²) < 4.78 is 1.75. The van der Waals surface area contributed by atoms with Crippen molar-refractivity contribution in [3.05, 3.63) is 34.3 Å². The Balaban J connectivity index is 2.66. The maximum atomic E-state index is 3.74. The Bertz CT molecular complexity index is 187. The van der Waals surface area contributed by atoms with Gasteiger partial charge in [-0.15, -0.1) is 0 Å². The van der Waals surface area contributed by atoms with Gasteiger partial charge in [0.25, 0.3) is 0 Å². The summed E-state index contributed by atoms with van der Waals surface area (Å²) in [5.41, 5.74) is 1.56. The van der Waals surface area contributed by atoms with Gasteiger partial charge in [0.15, 0.2) is 0 Å². The summed E-state index contributed by atoms with van der Waals surface area (Å²) >= 11 is -0.128. The van der Waals surface area contributed by atoms with Crippen molar-refractivity contribution in [2.24, 2.45) is 0 Å². The third-order valence-electron chi connectivity index (χ3n) is 1.59. The van der Waals surface area contributed by atoms with Crippen LogP contribution in [0.1, 0.15) is 12.8 Å². The second-order valence-corrected chi connectivity index (χ2v) is 5.49. The Kier molecular flexibility index (Phi) is 3.15. The first-order valence-corrected chi connectivity index (χ1v) is 7.82. The van der Waals surface area contributed by atoms with Crippen molar-refractivity contribution in [3.63, 3.8) is 0 Å². The van der Waals surface area contributed by atoms with Crippen LogP contribution in [0.2, 0.25) is 5.31 Å². The summed E-state index contributed by atoms with van der Waals surface area (Å²) in [5, 5.41) is 2.38. The van der Waals surface area contributed by atoms with Gasteiger partial charge in [-0.05, 0) is 0 Å². The van der Waals surface area contributed by atoms with Crippen LogP contribution in [-0.2, 0) is 18.6 Å². The van der Waals surface area contributed by atoms with Crippen LogP contribution in [-0.4, -0.2) is 0 Å². The van der Waals surface area contributed by atoms with Gasteiger partial charge in [-0.25, -0.2) is 0 Å². The van der Waals surface area contributed by atoms with E-state index in [1.54, 1.807) is 9.54 Å². The fourth-order valence-corrected chi connectivity index (χ4v) is 3.51. The summed E-state index contributed by atoms with van der Waals surface area (Å²) in [5.74, 6) is 0. The van der Waals surface area contributed by atoms with Gasteiger partial charge in [0.1, 0.15) is 0 Å². The molecule has 1 heteroatoms. The van der Waals surface area contributed by atoms with E-state index in [2.05, 4.69) is 24.0 Å². The van der Waals surface area contributed by atoms with Crippen molar-refractivity contribution in [1.82, 2.24) is 0 Å². The van der Waals surface area contributed by atoms with E-state index in [4.69, 9.17) is 0 Å². The number of hydrogen-bond donors (Lipinski definition) is 0. The number of hydrogen-bond acceptors (Lipinski definition) is 0. The van der Waals surface area contributed by atoms with Gasteiger partial charge in [0.05, 0.1) is 0 Å². The van der Waals surface area contributed by atoms with E-state index >= 15 is 0 Å². The zero-order chi connectivity index (χ0) is 7.40. The topological polar surface area (TPSA) is 0 Å². The van der Waals surface area contributed by atoms with Crippen LogP contribution in [0.15, 0.2) is 34.3 Å². The molecule has 0 aromatic rings. The summed E-state index contributed by atoms with van der Waals surface area (Å²) in [6.07, 6.45) is 8.86. The zero-order valence-electron chi connectivity index (χ0n) is 6.26. The predicted octanol–water partition coefficient (Wildman–Crippen LogP) is 2.91. The van der Waals surface area contributed by atoms with E-state index in [0.29, 0.717) is 0 Å². The molecule has 0 unspecified atom stereocenters. The molecule has 0 nitrogen and oxygen atoms in total. The maximum absolute atomic E-state index is 3.74. The normalized spacial score (nSPS) is 16.5. The Morgan fingerprint density at radius 1 is 1.80 bits per heavy atom. The van der Waals surface area contributed by atoms with Crippen LogP contribution >= 0.6 is 0 Å². The van der Waals surface area contributed by atoms with Crippen molar-refractivity contribution in [3.8, 4) is 0 Å². The Hall–Kier alpha value is -0.0917. The molecular formula is C9H12W. The van der Waals surface area contributed by atoms with E-state index in [1.807, 2.05) is 6.08 Å². The molecule has 0 aromatic carbocycles. The standard InChI is InChI=1S/C8H9.CH3.W/c1-2-5-8-6-3-4-7-8;;/h2-3,6H,1,4-5H2;1H3;. The van der Waals surface area contributed by atoms with E-state index in [9.17, 15) is 0 Å². The molecule has 0 fully saturated rings. The summed E-state index contributed by atoms with van der Waals surface area (Å²) in [6.45, 7) is 3.74. The van der Waals surface area contributed by atoms with Crippen molar-refractivity contribution in [1.29, 1.82) is 0 Å². The Morgan fingerprint density at radius 2 is 2.60 bits per heavy atom. The van der Waals surface area contributed by atoms with Crippen molar-refractivity contribution in [2.75, 3.05) is 0 Å². The molecule has 0 bridgehead atoms. The molecule has 0 saturated heterocycles. The molecule has 54 valence electrons. The van der Waals surface area contributed by atoms with Gasteiger partial charge in [0.2, 0.25) is 0 Å². The van der Waals surface area contributed by atoms with Gasteiger partial charge >= 0.3 is 71.1 Å². The monoisotopic (exact) mass is 304 g/mol. The van der Waals surface area contributed by atoms with E-state index in [0.717, 1.165) is 6.42 Å². The molecule has 1 rings (SSSR count). The minimum atomic E-state index is -0.128. The van der Waals surface area contributed by atoms with Crippen molar-refractivity contribution in [2.45, 2.75) is 18.2 Å². The van der Waals surface area contributed by atoms with Gasteiger partial charge in [-0.3, -0.25) is 0 Å². The molecule has 0 heterocycles. The quantitative estimate of drug-likeness (QED) is 0.703. The van der Waals surface area contributed by atoms with Gasteiger partial charge in [0, 0.05) is 0 Å². The molecule has 10 heavy (non-hydrogen) atoms. The van der Waals surface area contributed by atoms with Gasteiger partial charge < -0.3 is 0 Å². The molecule has 1 aliphatic carbocycles. The average Bonchev–Trinajstić information content (AvgIpc) is 2.36. The first kappa shape index (κ1) is 8.01. The summed E-state index contributed by atoms with van der Waals surface area (Å²) in [6, 6.07) is 0. The Labute approximate surface area is 71.2 Å². The van der Waals surface area contributed by atoms with Crippen LogP contribution in [0, 0.1) is 0 Å². The Morgan fingerprint density at radius 3 is 3.20 bits per heavy atom. The van der Waals surface area contributed by atoms with Crippen LogP contribution < -0.4 is 0 Å². The van der Waals surface area contributed by atoms with Crippen LogP contribution in [0.25, 0.3) is 0 Å². The summed E-state index contributed by atoms with van der Waals surface area (Å²) in [4.78, 5) is 0. The first-order chi connectivity index (χ1) is 4.88. The van der Waals surface area contributed by atoms with E-state index < -0.39 is 0 Å². The molecule has 0 atom stereocenters.